The highest BCUT2D eigenvalue weighted by Crippen LogP contribution is 2.43. The zero-order valence-electron chi connectivity index (χ0n) is 21.1. The van der Waals surface area contributed by atoms with Gasteiger partial charge in [-0.05, 0) is 57.1 Å². The molecule has 10 heteroatoms. The number of piperazine rings is 1. The first-order chi connectivity index (χ1) is 17.4. The normalized spacial score (nSPS) is 22.6. The number of anilines is 4. The lowest BCUT2D eigenvalue weighted by molar-refractivity contribution is 0.338. The Balaban J connectivity index is 1.52. The van der Waals surface area contributed by atoms with E-state index in [4.69, 9.17) is 5.10 Å². The molecule has 0 radical (unpaired) electrons. The van der Waals surface area contributed by atoms with Crippen molar-refractivity contribution in [3.8, 4) is 0 Å². The van der Waals surface area contributed by atoms with Crippen molar-refractivity contribution in [3.63, 3.8) is 0 Å². The minimum absolute atomic E-state index is 1.01. The maximum absolute atomic E-state index is 5.48. The molecule has 4 aliphatic rings. The summed E-state index contributed by atoms with van der Waals surface area (Å²) in [5, 5.41) is 18.8. The van der Waals surface area contributed by atoms with Crippen molar-refractivity contribution >= 4 is 23.1 Å². The smallest absolute Gasteiger partial charge is 0.200 e. The van der Waals surface area contributed by atoms with Crippen LogP contribution in [0, 0.1) is 0 Å². The number of aromatic amines is 1. The summed E-state index contributed by atoms with van der Waals surface area (Å²) in [6.45, 7) is 10.3. The zero-order chi connectivity index (χ0) is 23.5. The largest absolute Gasteiger partial charge is 0.351 e. The monoisotopic (exact) mass is 482 g/mol. The van der Waals surface area contributed by atoms with Crippen LogP contribution in [0.5, 0.6) is 0 Å². The van der Waals surface area contributed by atoms with Gasteiger partial charge in [0.05, 0.1) is 0 Å². The summed E-state index contributed by atoms with van der Waals surface area (Å²) in [5.74, 6) is 3.40. The molecule has 3 N–H and O–H groups in total. The molecule has 0 amide bonds. The maximum atomic E-state index is 5.48. The fourth-order valence-corrected chi connectivity index (χ4v) is 5.99. The van der Waals surface area contributed by atoms with Gasteiger partial charge in [-0.25, -0.2) is 15.4 Å². The molecule has 4 fully saturated rings. The first-order valence-corrected chi connectivity index (χ1v) is 13.9. The molecule has 0 bridgehead atoms. The molecular formula is C25H42N10. The molecule has 2 aromatic heterocycles. The van der Waals surface area contributed by atoms with Crippen molar-refractivity contribution in [2.24, 2.45) is 0 Å². The number of hydrogen-bond donors (Lipinski definition) is 3. The van der Waals surface area contributed by atoms with Gasteiger partial charge in [0.25, 0.3) is 0 Å². The van der Waals surface area contributed by atoms with E-state index in [9.17, 15) is 0 Å². The quantitative estimate of drug-likeness (QED) is 0.580. The molecule has 6 rings (SSSR count). The van der Waals surface area contributed by atoms with Crippen LogP contribution >= 0.6 is 0 Å². The lowest BCUT2D eigenvalue weighted by Crippen LogP contribution is -2.48. The molecule has 10 nitrogen and oxygen atoms in total. The Labute approximate surface area is 209 Å². The van der Waals surface area contributed by atoms with E-state index in [1.807, 2.05) is 6.20 Å². The van der Waals surface area contributed by atoms with Crippen molar-refractivity contribution in [2.45, 2.75) is 51.4 Å². The first-order valence-electron chi connectivity index (χ1n) is 13.9. The summed E-state index contributed by atoms with van der Waals surface area (Å²) >= 11 is 0. The number of piperidine rings is 1. The van der Waals surface area contributed by atoms with Crippen LogP contribution in [0.3, 0.4) is 0 Å². The van der Waals surface area contributed by atoms with Gasteiger partial charge in [0.1, 0.15) is 11.5 Å². The molecule has 0 aromatic carbocycles. The van der Waals surface area contributed by atoms with Crippen molar-refractivity contribution in [2.75, 3.05) is 85.4 Å². The summed E-state index contributed by atoms with van der Waals surface area (Å²) in [7, 11) is 0. The Morgan fingerprint density at radius 3 is 2.29 bits per heavy atom. The van der Waals surface area contributed by atoms with Gasteiger partial charge in [0, 0.05) is 71.6 Å². The highest BCUT2D eigenvalue weighted by molar-refractivity contribution is 5.83. The van der Waals surface area contributed by atoms with Crippen molar-refractivity contribution in [1.29, 1.82) is 0 Å². The minimum Gasteiger partial charge on any atom is -0.351 e. The lowest BCUT2D eigenvalue weighted by atomic mass is 10.2. The number of hydrazine groups is 2. The molecule has 0 saturated carbocycles. The second-order valence-corrected chi connectivity index (χ2v) is 10.3. The first kappa shape index (κ1) is 23.0. The van der Waals surface area contributed by atoms with Gasteiger partial charge in [-0.3, -0.25) is 5.01 Å². The zero-order valence-corrected chi connectivity index (χ0v) is 21.1. The van der Waals surface area contributed by atoms with E-state index in [2.05, 4.69) is 57.6 Å². The number of nitrogens with zero attached hydrogens (tertiary/aromatic N) is 7. The Morgan fingerprint density at radius 1 is 0.771 bits per heavy atom. The molecule has 4 aliphatic heterocycles. The van der Waals surface area contributed by atoms with E-state index in [0.29, 0.717) is 0 Å². The molecule has 0 spiro atoms. The highest BCUT2D eigenvalue weighted by atomic mass is 15.7. The summed E-state index contributed by atoms with van der Waals surface area (Å²) < 4.78 is 0. The third kappa shape index (κ3) is 4.71. The minimum atomic E-state index is 1.01. The van der Waals surface area contributed by atoms with Crippen LogP contribution in [0.1, 0.15) is 51.4 Å². The van der Waals surface area contributed by atoms with E-state index < -0.39 is 0 Å². The van der Waals surface area contributed by atoms with Crippen molar-refractivity contribution < 1.29 is 0 Å². The molecule has 4 saturated heterocycles. The van der Waals surface area contributed by atoms with E-state index in [-0.39, 0.29) is 0 Å². The van der Waals surface area contributed by atoms with Crippen LogP contribution in [0.15, 0.2) is 18.3 Å². The van der Waals surface area contributed by atoms with Gasteiger partial charge >= 0.3 is 0 Å². The Kier molecular flexibility index (Phi) is 7.01. The standard InChI is InChI=1S/C25H42N10/c1-3-12-28-33(19-6-1)23-24(34(22-10-9-11-27-22)31-15-7-8-16-31)29-35(32-17-4-2-5-18-32)25(23)30-20-13-26-14-21-30/h9-11,26-28H,1-8,12-21H2. The molecular weight excluding hydrogens is 440 g/mol. The third-order valence-electron chi connectivity index (χ3n) is 7.83. The summed E-state index contributed by atoms with van der Waals surface area (Å²) in [5.41, 5.74) is 5.03. The molecule has 192 valence electrons. The number of aromatic nitrogens is 3. The topological polar surface area (TPSA) is 73.9 Å². The Hall–Kier alpha value is -2.43. The van der Waals surface area contributed by atoms with Crippen LogP contribution in [-0.2, 0) is 0 Å². The summed E-state index contributed by atoms with van der Waals surface area (Å²) in [6.07, 6.45) is 12.0. The number of nitrogens with one attached hydrogen (secondary N) is 3. The van der Waals surface area contributed by atoms with Crippen LogP contribution in [0.4, 0.5) is 23.1 Å². The lowest BCUT2D eigenvalue weighted by Gasteiger charge is -2.37. The SMILES string of the molecule is c1c[nH]c(N(c2nn(N3CCCCC3)c(N3CCNCC3)c2N2CCCCCN2)N2CCCC2)c1. The number of hydrogen-bond acceptors (Lipinski definition) is 8. The molecule has 0 unspecified atom stereocenters. The van der Waals surface area contributed by atoms with E-state index in [1.165, 1.54) is 62.9 Å². The van der Waals surface area contributed by atoms with Gasteiger partial charge < -0.3 is 20.2 Å². The second-order valence-electron chi connectivity index (χ2n) is 10.3. The average Bonchev–Trinajstić information content (AvgIpc) is 3.66. The third-order valence-corrected chi connectivity index (χ3v) is 7.83. The maximum Gasteiger partial charge on any atom is 0.200 e. The average molecular weight is 483 g/mol. The summed E-state index contributed by atoms with van der Waals surface area (Å²) in [4.78, 5) is 8.36. The number of H-pyrrole nitrogens is 1. The molecule has 0 atom stereocenters. The van der Waals surface area contributed by atoms with Gasteiger partial charge in [0.2, 0.25) is 5.82 Å². The van der Waals surface area contributed by atoms with E-state index in [0.717, 1.165) is 77.1 Å². The number of rotatable bonds is 6. The Morgan fingerprint density at radius 2 is 1.51 bits per heavy atom. The fourth-order valence-electron chi connectivity index (χ4n) is 5.99. The van der Waals surface area contributed by atoms with E-state index in [1.54, 1.807) is 0 Å². The Bertz CT molecular complexity index is 914. The van der Waals surface area contributed by atoms with Crippen LogP contribution in [-0.4, -0.2) is 85.3 Å². The summed E-state index contributed by atoms with van der Waals surface area (Å²) in [6, 6.07) is 4.28. The van der Waals surface area contributed by atoms with Gasteiger partial charge in [-0.15, -0.1) is 5.10 Å². The highest BCUT2D eigenvalue weighted by Gasteiger charge is 2.36. The second kappa shape index (κ2) is 10.7. The molecule has 6 heterocycles. The van der Waals surface area contributed by atoms with Gasteiger partial charge in [0.15, 0.2) is 5.82 Å². The van der Waals surface area contributed by atoms with Crippen LogP contribution in [0.25, 0.3) is 0 Å². The van der Waals surface area contributed by atoms with Crippen molar-refractivity contribution in [1.82, 2.24) is 30.6 Å². The van der Waals surface area contributed by atoms with Crippen LogP contribution in [0.2, 0.25) is 0 Å². The van der Waals surface area contributed by atoms with Crippen molar-refractivity contribution in [3.05, 3.63) is 18.3 Å². The van der Waals surface area contributed by atoms with E-state index >= 15 is 0 Å². The van der Waals surface area contributed by atoms with Gasteiger partial charge in [-0.1, -0.05) is 6.42 Å². The molecule has 35 heavy (non-hydrogen) atoms. The predicted molar refractivity (Wildman–Crippen MR) is 142 cm³/mol. The van der Waals surface area contributed by atoms with Gasteiger partial charge in [-0.2, -0.15) is 4.79 Å². The fraction of sp³-hybridized carbons (Fsp3) is 0.720. The predicted octanol–water partition coefficient (Wildman–Crippen LogP) is 2.39. The molecule has 2 aromatic rings. The molecule has 0 aliphatic carbocycles. The van der Waals surface area contributed by atoms with Crippen LogP contribution < -0.4 is 30.7 Å².